The summed E-state index contributed by atoms with van der Waals surface area (Å²) in [5, 5.41) is 7.17. The average molecular weight is 382 g/mol. The van der Waals surface area contributed by atoms with Crippen molar-refractivity contribution in [1.82, 2.24) is 5.32 Å². The van der Waals surface area contributed by atoms with Gasteiger partial charge in [0.05, 0.1) is 6.04 Å². The summed E-state index contributed by atoms with van der Waals surface area (Å²) in [6.45, 7) is 8.59. The van der Waals surface area contributed by atoms with Gasteiger partial charge in [0.2, 0.25) is 0 Å². The van der Waals surface area contributed by atoms with Crippen LogP contribution in [-0.4, -0.2) is 24.8 Å². The standard InChI is InChI=1S/C22H27N3OS/c1-3-16-26-21-12-8-19(9-13-21)24-22(27)23-17(2)18-6-10-20(11-7-18)25-14-4-5-15-25/h3,6-13,17H,1,4-5,14-16H2,2H3,(H2,23,24,27)/t17-/m0/s1. The number of nitrogens with zero attached hydrogens (tertiary/aromatic N) is 1. The van der Waals surface area contributed by atoms with E-state index in [1.807, 2.05) is 24.3 Å². The number of benzene rings is 2. The second-order valence-corrected chi connectivity index (χ2v) is 7.14. The molecule has 1 heterocycles. The Hall–Kier alpha value is -2.53. The maximum Gasteiger partial charge on any atom is 0.171 e. The number of ether oxygens (including phenoxy) is 1. The maximum absolute atomic E-state index is 5.49. The summed E-state index contributed by atoms with van der Waals surface area (Å²) in [6.07, 6.45) is 4.31. The van der Waals surface area contributed by atoms with Gasteiger partial charge in [0.25, 0.3) is 0 Å². The molecular weight excluding hydrogens is 354 g/mol. The maximum atomic E-state index is 5.49. The molecule has 0 unspecified atom stereocenters. The van der Waals surface area contributed by atoms with Crippen LogP contribution in [0.1, 0.15) is 31.4 Å². The highest BCUT2D eigenvalue weighted by Crippen LogP contribution is 2.23. The van der Waals surface area contributed by atoms with E-state index in [0.29, 0.717) is 11.7 Å². The highest BCUT2D eigenvalue weighted by atomic mass is 32.1. The fourth-order valence-corrected chi connectivity index (χ4v) is 3.48. The van der Waals surface area contributed by atoms with E-state index in [9.17, 15) is 0 Å². The molecule has 0 radical (unpaired) electrons. The summed E-state index contributed by atoms with van der Waals surface area (Å²) >= 11 is 5.45. The van der Waals surface area contributed by atoms with Gasteiger partial charge in [-0.3, -0.25) is 0 Å². The lowest BCUT2D eigenvalue weighted by atomic mass is 10.1. The predicted molar refractivity (Wildman–Crippen MR) is 118 cm³/mol. The van der Waals surface area contributed by atoms with Crippen molar-refractivity contribution in [3.05, 3.63) is 66.7 Å². The smallest absolute Gasteiger partial charge is 0.171 e. The number of nitrogens with one attached hydrogen (secondary N) is 2. The minimum atomic E-state index is 0.132. The van der Waals surface area contributed by atoms with Gasteiger partial charge in [-0.1, -0.05) is 24.8 Å². The molecule has 2 aromatic carbocycles. The van der Waals surface area contributed by atoms with E-state index in [1.165, 1.54) is 37.2 Å². The van der Waals surface area contributed by atoms with Gasteiger partial charge in [0, 0.05) is 24.5 Å². The van der Waals surface area contributed by atoms with Crippen LogP contribution in [0, 0.1) is 0 Å². The summed E-state index contributed by atoms with van der Waals surface area (Å²) in [4.78, 5) is 2.44. The van der Waals surface area contributed by atoms with E-state index in [1.54, 1.807) is 6.08 Å². The van der Waals surface area contributed by atoms with E-state index in [-0.39, 0.29) is 6.04 Å². The lowest BCUT2D eigenvalue weighted by Gasteiger charge is -2.20. The Morgan fingerprint density at radius 2 is 1.81 bits per heavy atom. The molecule has 0 saturated carbocycles. The van der Waals surface area contributed by atoms with Crippen molar-refractivity contribution in [2.75, 3.05) is 29.9 Å². The third-order valence-electron chi connectivity index (χ3n) is 4.69. The molecule has 1 aliphatic rings. The van der Waals surface area contributed by atoms with Crippen LogP contribution in [0.4, 0.5) is 11.4 Å². The Bertz CT molecular complexity index is 752. The van der Waals surface area contributed by atoms with Gasteiger partial charge in [-0.05, 0) is 73.9 Å². The topological polar surface area (TPSA) is 36.5 Å². The summed E-state index contributed by atoms with van der Waals surface area (Å²) in [5.74, 6) is 0.811. The second kappa shape index (κ2) is 9.42. The van der Waals surface area contributed by atoms with E-state index in [0.717, 1.165) is 11.4 Å². The van der Waals surface area contributed by atoms with Crippen LogP contribution in [0.2, 0.25) is 0 Å². The molecule has 1 atom stereocenters. The predicted octanol–water partition coefficient (Wildman–Crippen LogP) is 4.90. The molecule has 0 spiro atoms. The number of hydrogen-bond acceptors (Lipinski definition) is 3. The van der Waals surface area contributed by atoms with Crippen molar-refractivity contribution in [3.8, 4) is 5.75 Å². The van der Waals surface area contributed by atoms with Crippen molar-refractivity contribution in [1.29, 1.82) is 0 Å². The molecule has 2 N–H and O–H groups in total. The highest BCUT2D eigenvalue weighted by molar-refractivity contribution is 7.80. The summed E-state index contributed by atoms with van der Waals surface area (Å²) < 4.78 is 5.49. The lowest BCUT2D eigenvalue weighted by Crippen LogP contribution is -2.30. The summed E-state index contributed by atoms with van der Waals surface area (Å²) in [6, 6.07) is 16.6. The van der Waals surface area contributed by atoms with Crippen LogP contribution in [0.5, 0.6) is 5.75 Å². The minimum absolute atomic E-state index is 0.132. The van der Waals surface area contributed by atoms with Crippen LogP contribution >= 0.6 is 12.2 Å². The summed E-state index contributed by atoms with van der Waals surface area (Å²) in [7, 11) is 0. The van der Waals surface area contributed by atoms with Gasteiger partial charge >= 0.3 is 0 Å². The van der Waals surface area contributed by atoms with Crippen molar-refractivity contribution in [2.24, 2.45) is 0 Å². The zero-order chi connectivity index (χ0) is 19.1. The van der Waals surface area contributed by atoms with Gasteiger partial charge in [-0.25, -0.2) is 0 Å². The fourth-order valence-electron chi connectivity index (χ4n) is 3.19. The molecule has 0 aromatic heterocycles. The second-order valence-electron chi connectivity index (χ2n) is 6.73. The van der Waals surface area contributed by atoms with E-state index >= 15 is 0 Å². The van der Waals surface area contributed by atoms with Gasteiger partial charge < -0.3 is 20.3 Å². The van der Waals surface area contributed by atoms with Crippen LogP contribution in [0.3, 0.4) is 0 Å². The Morgan fingerprint density at radius 3 is 2.44 bits per heavy atom. The Kier molecular flexibility index (Phi) is 6.71. The normalized spacial score (nSPS) is 14.5. The third-order valence-corrected chi connectivity index (χ3v) is 4.91. The molecule has 0 bridgehead atoms. The van der Waals surface area contributed by atoms with Crippen LogP contribution in [-0.2, 0) is 0 Å². The highest BCUT2D eigenvalue weighted by Gasteiger charge is 2.13. The first-order chi connectivity index (χ1) is 13.2. The van der Waals surface area contributed by atoms with Gasteiger partial charge in [0.1, 0.15) is 12.4 Å². The molecule has 1 fully saturated rings. The zero-order valence-corrected chi connectivity index (χ0v) is 16.6. The van der Waals surface area contributed by atoms with Crippen LogP contribution in [0.15, 0.2) is 61.2 Å². The average Bonchev–Trinajstić information content (AvgIpc) is 3.22. The van der Waals surface area contributed by atoms with E-state index < -0.39 is 0 Å². The zero-order valence-electron chi connectivity index (χ0n) is 15.8. The molecule has 4 nitrogen and oxygen atoms in total. The quantitative estimate of drug-likeness (QED) is 0.527. The van der Waals surface area contributed by atoms with E-state index in [2.05, 4.69) is 53.3 Å². The van der Waals surface area contributed by atoms with Crippen molar-refractivity contribution in [3.63, 3.8) is 0 Å². The van der Waals surface area contributed by atoms with Crippen LogP contribution in [0.25, 0.3) is 0 Å². The van der Waals surface area contributed by atoms with Crippen molar-refractivity contribution < 1.29 is 4.74 Å². The Balaban J connectivity index is 1.51. The number of anilines is 2. The van der Waals surface area contributed by atoms with Gasteiger partial charge in [-0.15, -0.1) is 0 Å². The first-order valence-corrected chi connectivity index (χ1v) is 9.83. The van der Waals surface area contributed by atoms with Crippen LogP contribution < -0.4 is 20.3 Å². The Morgan fingerprint density at radius 1 is 1.15 bits per heavy atom. The van der Waals surface area contributed by atoms with Crippen molar-refractivity contribution >= 4 is 28.7 Å². The molecule has 27 heavy (non-hydrogen) atoms. The summed E-state index contributed by atoms with van der Waals surface area (Å²) in [5.41, 5.74) is 3.45. The number of thiocarbonyl (C=S) groups is 1. The number of rotatable bonds is 7. The monoisotopic (exact) mass is 381 g/mol. The fraction of sp³-hybridized carbons (Fsp3) is 0.318. The largest absolute Gasteiger partial charge is 0.490 e. The molecule has 1 aliphatic heterocycles. The van der Waals surface area contributed by atoms with Crippen molar-refractivity contribution in [2.45, 2.75) is 25.8 Å². The molecule has 3 rings (SSSR count). The van der Waals surface area contributed by atoms with E-state index in [4.69, 9.17) is 17.0 Å². The third kappa shape index (κ3) is 5.47. The van der Waals surface area contributed by atoms with Gasteiger partial charge in [-0.2, -0.15) is 0 Å². The molecule has 0 amide bonds. The molecule has 1 saturated heterocycles. The molecule has 0 aliphatic carbocycles. The SMILES string of the molecule is C=CCOc1ccc(NC(=S)N[C@@H](C)c2ccc(N3CCCC3)cc2)cc1. The molecular formula is C22H27N3OS. The Labute approximate surface area is 167 Å². The molecule has 5 heteroatoms. The first-order valence-electron chi connectivity index (χ1n) is 9.42. The minimum Gasteiger partial charge on any atom is -0.490 e. The molecule has 2 aromatic rings. The lowest BCUT2D eigenvalue weighted by molar-refractivity contribution is 0.363. The molecule has 142 valence electrons. The number of hydrogen-bond donors (Lipinski definition) is 2. The first kappa shape index (κ1) is 19.2. The van der Waals surface area contributed by atoms with Gasteiger partial charge in [0.15, 0.2) is 5.11 Å².